The average molecular weight is 244 g/mol. The maximum Gasteiger partial charge on any atom is 0.320 e. The second-order valence-corrected chi connectivity index (χ2v) is 4.17. The minimum absolute atomic E-state index is 0.510. The Labute approximate surface area is 106 Å². The summed E-state index contributed by atoms with van der Waals surface area (Å²) in [6.45, 7) is 2.37. The summed E-state index contributed by atoms with van der Waals surface area (Å²) < 4.78 is 0. The molecule has 0 amide bonds. The summed E-state index contributed by atoms with van der Waals surface area (Å²) in [6.07, 6.45) is 2.31. The van der Waals surface area contributed by atoms with E-state index in [2.05, 4.69) is 10.3 Å². The van der Waals surface area contributed by atoms with E-state index in [-0.39, 0.29) is 0 Å². The van der Waals surface area contributed by atoms with Gasteiger partial charge in [-0.2, -0.15) is 0 Å². The Morgan fingerprint density at radius 1 is 1.39 bits per heavy atom. The molecule has 0 radical (unpaired) electrons. The molecular formula is C14H16N2O2. The number of benzene rings is 1. The molecule has 0 saturated carbocycles. The molecule has 0 saturated heterocycles. The first-order valence-corrected chi connectivity index (χ1v) is 6.01. The van der Waals surface area contributed by atoms with E-state index in [1.54, 1.807) is 6.20 Å². The minimum atomic E-state index is -0.814. The van der Waals surface area contributed by atoms with Gasteiger partial charge in [0.1, 0.15) is 6.04 Å². The van der Waals surface area contributed by atoms with Crippen LogP contribution in [0.1, 0.15) is 18.9 Å². The van der Waals surface area contributed by atoms with Crippen LogP contribution in [0.4, 0.5) is 0 Å². The van der Waals surface area contributed by atoms with Gasteiger partial charge in [0.25, 0.3) is 0 Å². The highest BCUT2D eigenvalue weighted by Gasteiger charge is 2.14. The molecular weight excluding hydrogens is 228 g/mol. The zero-order valence-electron chi connectivity index (χ0n) is 10.3. The third-order valence-corrected chi connectivity index (χ3v) is 2.96. The summed E-state index contributed by atoms with van der Waals surface area (Å²) in [5.74, 6) is -0.814. The molecule has 4 nitrogen and oxygen atoms in total. The molecule has 2 rings (SSSR count). The quantitative estimate of drug-likeness (QED) is 0.846. The monoisotopic (exact) mass is 244 g/mol. The first kappa shape index (κ1) is 12.5. The van der Waals surface area contributed by atoms with Crippen LogP contribution in [0.3, 0.4) is 0 Å². The van der Waals surface area contributed by atoms with Crippen LogP contribution in [0.5, 0.6) is 0 Å². The van der Waals surface area contributed by atoms with E-state index in [1.165, 1.54) is 0 Å². The van der Waals surface area contributed by atoms with Gasteiger partial charge < -0.3 is 10.4 Å². The lowest BCUT2D eigenvalue weighted by Crippen LogP contribution is -2.35. The Hall–Kier alpha value is -1.94. The zero-order valence-corrected chi connectivity index (χ0v) is 10.3. The molecule has 0 aliphatic carbocycles. The van der Waals surface area contributed by atoms with E-state index >= 15 is 0 Å². The van der Waals surface area contributed by atoms with Crippen LogP contribution in [0, 0.1) is 0 Å². The fourth-order valence-electron chi connectivity index (χ4n) is 1.95. The smallest absolute Gasteiger partial charge is 0.320 e. The zero-order chi connectivity index (χ0) is 13.0. The van der Waals surface area contributed by atoms with Gasteiger partial charge in [-0.15, -0.1) is 0 Å². The van der Waals surface area contributed by atoms with Crippen molar-refractivity contribution in [3.05, 3.63) is 42.1 Å². The van der Waals surface area contributed by atoms with Crippen LogP contribution in [-0.2, 0) is 11.3 Å². The number of carbonyl (C=O) groups is 1. The van der Waals surface area contributed by atoms with Gasteiger partial charge in [0.15, 0.2) is 0 Å². The predicted octanol–water partition coefficient (Wildman–Crippen LogP) is 2.19. The normalized spacial score (nSPS) is 12.5. The Bertz CT molecular complexity index is 549. The highest BCUT2D eigenvalue weighted by molar-refractivity contribution is 5.81. The molecule has 1 atom stereocenters. The standard InChI is InChI=1S/C14H16N2O2/c1-2-12(14(17)18)16-9-11-6-3-5-10-7-4-8-15-13(10)11/h3-8,12,16H,2,9H2,1H3,(H,17,18). The Morgan fingerprint density at radius 3 is 2.89 bits per heavy atom. The Kier molecular flexibility index (Phi) is 3.89. The molecule has 2 N–H and O–H groups in total. The second kappa shape index (κ2) is 5.60. The number of aliphatic carboxylic acids is 1. The second-order valence-electron chi connectivity index (χ2n) is 4.17. The Balaban J connectivity index is 2.19. The van der Waals surface area contributed by atoms with Gasteiger partial charge in [0.05, 0.1) is 5.52 Å². The van der Waals surface area contributed by atoms with Gasteiger partial charge in [-0.3, -0.25) is 9.78 Å². The van der Waals surface area contributed by atoms with Crippen molar-refractivity contribution in [1.82, 2.24) is 10.3 Å². The lowest BCUT2D eigenvalue weighted by molar-refractivity contribution is -0.139. The average Bonchev–Trinajstić information content (AvgIpc) is 2.39. The lowest BCUT2D eigenvalue weighted by atomic mass is 10.1. The van der Waals surface area contributed by atoms with Crippen molar-refractivity contribution in [3.8, 4) is 0 Å². The highest BCUT2D eigenvalue weighted by atomic mass is 16.4. The van der Waals surface area contributed by atoms with Gasteiger partial charge >= 0.3 is 5.97 Å². The van der Waals surface area contributed by atoms with Crippen LogP contribution in [0.25, 0.3) is 10.9 Å². The summed E-state index contributed by atoms with van der Waals surface area (Å²) >= 11 is 0. The topological polar surface area (TPSA) is 62.2 Å². The molecule has 0 aliphatic heterocycles. The number of pyridine rings is 1. The number of hydrogen-bond acceptors (Lipinski definition) is 3. The molecule has 1 aromatic carbocycles. The largest absolute Gasteiger partial charge is 0.480 e. The molecule has 0 spiro atoms. The number of carboxylic acids is 1. The van der Waals surface area contributed by atoms with Gasteiger partial charge in [-0.25, -0.2) is 0 Å². The van der Waals surface area contributed by atoms with E-state index < -0.39 is 12.0 Å². The number of nitrogens with one attached hydrogen (secondary N) is 1. The maximum atomic E-state index is 10.9. The molecule has 18 heavy (non-hydrogen) atoms. The number of rotatable bonds is 5. The maximum absolute atomic E-state index is 10.9. The van der Waals surface area contributed by atoms with Crippen molar-refractivity contribution in [1.29, 1.82) is 0 Å². The number of fused-ring (bicyclic) bond motifs is 1. The Morgan fingerprint density at radius 2 is 2.17 bits per heavy atom. The fraction of sp³-hybridized carbons (Fsp3) is 0.286. The molecule has 1 unspecified atom stereocenters. The fourth-order valence-corrected chi connectivity index (χ4v) is 1.95. The van der Waals surface area contributed by atoms with Gasteiger partial charge in [0, 0.05) is 18.1 Å². The highest BCUT2D eigenvalue weighted by Crippen LogP contribution is 2.15. The summed E-state index contributed by atoms with van der Waals surface area (Å²) in [6, 6.07) is 9.32. The van der Waals surface area contributed by atoms with Crippen molar-refractivity contribution in [2.24, 2.45) is 0 Å². The van der Waals surface area contributed by atoms with Crippen molar-refractivity contribution in [3.63, 3.8) is 0 Å². The molecule has 0 fully saturated rings. The van der Waals surface area contributed by atoms with Crippen molar-refractivity contribution >= 4 is 16.9 Å². The third-order valence-electron chi connectivity index (χ3n) is 2.96. The van der Waals surface area contributed by atoms with E-state index in [4.69, 9.17) is 5.11 Å². The predicted molar refractivity (Wildman–Crippen MR) is 70.3 cm³/mol. The van der Waals surface area contributed by atoms with Crippen LogP contribution in [-0.4, -0.2) is 22.1 Å². The molecule has 4 heteroatoms. The first-order chi connectivity index (χ1) is 8.72. The molecule has 2 aromatic rings. The molecule has 0 aliphatic rings. The number of hydrogen-bond donors (Lipinski definition) is 2. The summed E-state index contributed by atoms with van der Waals surface area (Å²) in [5.41, 5.74) is 1.94. The van der Waals surface area contributed by atoms with Gasteiger partial charge in [-0.1, -0.05) is 31.2 Å². The van der Waals surface area contributed by atoms with Crippen LogP contribution in [0.15, 0.2) is 36.5 Å². The summed E-state index contributed by atoms with van der Waals surface area (Å²) in [5, 5.41) is 13.1. The van der Waals surface area contributed by atoms with Crippen LogP contribution in [0.2, 0.25) is 0 Å². The van der Waals surface area contributed by atoms with Crippen LogP contribution >= 0.6 is 0 Å². The van der Waals surface area contributed by atoms with E-state index in [0.717, 1.165) is 16.5 Å². The molecule has 0 bridgehead atoms. The number of aromatic nitrogens is 1. The number of para-hydroxylation sites is 1. The van der Waals surface area contributed by atoms with Gasteiger partial charge in [-0.05, 0) is 18.1 Å². The molecule has 1 aromatic heterocycles. The number of carboxylic acid groups (broad SMARTS) is 1. The lowest BCUT2D eigenvalue weighted by Gasteiger charge is -2.13. The van der Waals surface area contributed by atoms with E-state index in [1.807, 2.05) is 37.3 Å². The van der Waals surface area contributed by atoms with Crippen LogP contribution < -0.4 is 5.32 Å². The van der Waals surface area contributed by atoms with Crippen molar-refractivity contribution in [2.45, 2.75) is 25.9 Å². The molecule has 94 valence electrons. The van der Waals surface area contributed by atoms with Gasteiger partial charge in [0.2, 0.25) is 0 Å². The van der Waals surface area contributed by atoms with Crippen molar-refractivity contribution in [2.75, 3.05) is 0 Å². The summed E-state index contributed by atoms with van der Waals surface area (Å²) in [7, 11) is 0. The summed E-state index contributed by atoms with van der Waals surface area (Å²) in [4.78, 5) is 15.3. The number of nitrogens with zero attached hydrogens (tertiary/aromatic N) is 1. The third kappa shape index (κ3) is 2.65. The SMILES string of the molecule is CCC(NCc1cccc2cccnc12)C(=O)O. The van der Waals surface area contributed by atoms with E-state index in [0.29, 0.717) is 13.0 Å². The minimum Gasteiger partial charge on any atom is -0.480 e. The first-order valence-electron chi connectivity index (χ1n) is 6.01. The van der Waals surface area contributed by atoms with E-state index in [9.17, 15) is 4.79 Å². The molecule has 1 heterocycles. The van der Waals surface area contributed by atoms with Crippen molar-refractivity contribution < 1.29 is 9.90 Å².